The number of amides is 1. The van der Waals surface area contributed by atoms with E-state index in [0.29, 0.717) is 10.6 Å². The van der Waals surface area contributed by atoms with Gasteiger partial charge in [-0.2, -0.15) is 5.26 Å². The Morgan fingerprint density at radius 2 is 2.00 bits per heavy atom. The Bertz CT molecular complexity index is 773. The van der Waals surface area contributed by atoms with E-state index in [-0.39, 0.29) is 12.6 Å². The number of nitrogens with zero attached hydrogens (tertiary/aromatic N) is 1. The number of carbonyl (C=O) groups excluding carboxylic acids is 2. The Balaban J connectivity index is 1.57. The lowest BCUT2D eigenvalue weighted by molar-refractivity contribution is -0.150. The fourth-order valence-corrected chi connectivity index (χ4v) is 3.17. The van der Waals surface area contributed by atoms with Crippen molar-refractivity contribution in [2.24, 2.45) is 0 Å². The van der Waals surface area contributed by atoms with Crippen molar-refractivity contribution in [3.8, 4) is 6.07 Å². The second-order valence-electron chi connectivity index (χ2n) is 5.35. The van der Waals surface area contributed by atoms with Crippen LogP contribution in [0.2, 0.25) is 0 Å². The SMILES string of the molecule is N#Cc1ccsc1NC(=O)COC(=O)C1(c2ccccc2)CC1. The number of nitrogens with one attached hydrogen (secondary N) is 1. The lowest BCUT2D eigenvalue weighted by Gasteiger charge is -2.14. The third-order valence-electron chi connectivity index (χ3n) is 3.84. The predicted molar refractivity (Wildman–Crippen MR) is 86.0 cm³/mol. The van der Waals surface area contributed by atoms with Crippen LogP contribution in [0.15, 0.2) is 41.8 Å². The molecule has 0 radical (unpaired) electrons. The van der Waals surface area contributed by atoms with Gasteiger partial charge in [-0.25, -0.2) is 0 Å². The molecule has 1 aliphatic carbocycles. The summed E-state index contributed by atoms with van der Waals surface area (Å²) < 4.78 is 5.18. The zero-order valence-corrected chi connectivity index (χ0v) is 13.1. The van der Waals surface area contributed by atoms with Crippen LogP contribution in [0.3, 0.4) is 0 Å². The van der Waals surface area contributed by atoms with Gasteiger partial charge in [-0.15, -0.1) is 11.3 Å². The van der Waals surface area contributed by atoms with Crippen LogP contribution in [0.5, 0.6) is 0 Å². The van der Waals surface area contributed by atoms with Gasteiger partial charge in [-0.3, -0.25) is 9.59 Å². The maximum atomic E-state index is 12.3. The van der Waals surface area contributed by atoms with Gasteiger partial charge < -0.3 is 10.1 Å². The first-order valence-electron chi connectivity index (χ1n) is 7.16. The smallest absolute Gasteiger partial charge is 0.317 e. The topological polar surface area (TPSA) is 79.2 Å². The summed E-state index contributed by atoms with van der Waals surface area (Å²) in [6.45, 7) is -0.351. The molecule has 23 heavy (non-hydrogen) atoms. The van der Waals surface area contributed by atoms with E-state index in [1.54, 1.807) is 11.4 Å². The molecule has 0 atom stereocenters. The number of carbonyl (C=O) groups is 2. The molecule has 1 fully saturated rings. The molecule has 3 rings (SSSR count). The third-order valence-corrected chi connectivity index (χ3v) is 4.67. The van der Waals surface area contributed by atoms with Crippen LogP contribution in [-0.2, 0) is 19.7 Å². The van der Waals surface area contributed by atoms with Crippen LogP contribution in [0.4, 0.5) is 5.00 Å². The third kappa shape index (κ3) is 3.10. The van der Waals surface area contributed by atoms with Crippen molar-refractivity contribution >= 4 is 28.2 Å². The quantitative estimate of drug-likeness (QED) is 0.857. The van der Waals surface area contributed by atoms with Crippen molar-refractivity contribution in [1.82, 2.24) is 0 Å². The molecule has 2 aromatic rings. The van der Waals surface area contributed by atoms with Gasteiger partial charge in [-0.05, 0) is 29.9 Å². The van der Waals surface area contributed by atoms with E-state index in [4.69, 9.17) is 10.00 Å². The van der Waals surface area contributed by atoms with E-state index < -0.39 is 11.3 Å². The molecule has 5 nitrogen and oxygen atoms in total. The fraction of sp³-hybridized carbons (Fsp3) is 0.235. The minimum atomic E-state index is -0.595. The summed E-state index contributed by atoms with van der Waals surface area (Å²) in [5.41, 5.74) is 0.732. The average Bonchev–Trinajstić information content (AvgIpc) is 3.28. The van der Waals surface area contributed by atoms with E-state index >= 15 is 0 Å². The second-order valence-corrected chi connectivity index (χ2v) is 6.26. The van der Waals surface area contributed by atoms with Gasteiger partial charge in [0.1, 0.15) is 11.1 Å². The van der Waals surface area contributed by atoms with Crippen molar-refractivity contribution in [1.29, 1.82) is 5.26 Å². The van der Waals surface area contributed by atoms with Crippen molar-refractivity contribution in [3.05, 3.63) is 52.9 Å². The molecule has 0 spiro atoms. The number of ether oxygens (including phenoxy) is 1. The molecule has 1 aliphatic rings. The number of rotatable bonds is 5. The zero-order valence-electron chi connectivity index (χ0n) is 12.2. The van der Waals surface area contributed by atoms with Gasteiger partial charge in [0.2, 0.25) is 0 Å². The maximum Gasteiger partial charge on any atom is 0.317 e. The van der Waals surface area contributed by atoms with Crippen LogP contribution in [0.25, 0.3) is 0 Å². The first-order chi connectivity index (χ1) is 11.2. The number of hydrogen-bond donors (Lipinski definition) is 1. The van der Waals surface area contributed by atoms with Gasteiger partial charge in [0.05, 0.1) is 11.0 Å². The molecule has 0 unspecified atom stereocenters. The molecule has 6 heteroatoms. The Morgan fingerprint density at radius 1 is 1.26 bits per heavy atom. The number of hydrogen-bond acceptors (Lipinski definition) is 5. The van der Waals surface area contributed by atoms with Gasteiger partial charge in [0.25, 0.3) is 5.91 Å². The molecular weight excluding hydrogens is 312 g/mol. The lowest BCUT2D eigenvalue weighted by atomic mass is 9.96. The van der Waals surface area contributed by atoms with Gasteiger partial charge in [0.15, 0.2) is 6.61 Å². The summed E-state index contributed by atoms with van der Waals surface area (Å²) in [5, 5.41) is 13.7. The lowest BCUT2D eigenvalue weighted by Crippen LogP contribution is -2.28. The molecular formula is C17H14N2O3S. The van der Waals surface area contributed by atoms with Gasteiger partial charge in [-0.1, -0.05) is 30.3 Å². The van der Waals surface area contributed by atoms with Gasteiger partial charge in [0, 0.05) is 0 Å². The van der Waals surface area contributed by atoms with E-state index in [1.807, 2.05) is 36.4 Å². The first kappa shape index (κ1) is 15.3. The highest BCUT2D eigenvalue weighted by Crippen LogP contribution is 2.49. The van der Waals surface area contributed by atoms with Crippen molar-refractivity contribution < 1.29 is 14.3 Å². The van der Waals surface area contributed by atoms with Crippen LogP contribution in [0, 0.1) is 11.3 Å². The van der Waals surface area contributed by atoms with Crippen molar-refractivity contribution in [3.63, 3.8) is 0 Å². The van der Waals surface area contributed by atoms with Crippen LogP contribution in [-0.4, -0.2) is 18.5 Å². The highest BCUT2D eigenvalue weighted by Gasteiger charge is 2.52. The summed E-state index contributed by atoms with van der Waals surface area (Å²) in [7, 11) is 0. The Morgan fingerprint density at radius 3 is 2.65 bits per heavy atom. The summed E-state index contributed by atoms with van der Waals surface area (Å²) in [6.07, 6.45) is 1.47. The number of thiophene rings is 1. The van der Waals surface area contributed by atoms with E-state index in [0.717, 1.165) is 18.4 Å². The summed E-state index contributed by atoms with van der Waals surface area (Å²) in [5.74, 6) is -0.813. The molecule has 0 saturated heterocycles. The van der Waals surface area contributed by atoms with Crippen LogP contribution < -0.4 is 5.32 Å². The molecule has 1 amide bonds. The van der Waals surface area contributed by atoms with E-state index in [9.17, 15) is 9.59 Å². The summed E-state index contributed by atoms with van der Waals surface area (Å²) in [6, 6.07) is 13.1. The predicted octanol–water partition coefficient (Wildman–Crippen LogP) is 2.83. The van der Waals surface area contributed by atoms with Crippen LogP contribution in [0.1, 0.15) is 24.0 Å². The molecule has 116 valence electrons. The number of esters is 1. The normalized spacial score (nSPS) is 14.6. The van der Waals surface area contributed by atoms with Crippen LogP contribution >= 0.6 is 11.3 Å². The second kappa shape index (κ2) is 6.23. The number of nitriles is 1. The number of anilines is 1. The number of benzene rings is 1. The van der Waals surface area contributed by atoms with E-state index in [2.05, 4.69) is 5.32 Å². The highest BCUT2D eigenvalue weighted by atomic mass is 32.1. The first-order valence-corrected chi connectivity index (χ1v) is 8.04. The minimum absolute atomic E-state index is 0.351. The molecule has 0 aliphatic heterocycles. The maximum absolute atomic E-state index is 12.3. The Kier molecular flexibility index (Phi) is 4.13. The molecule has 1 heterocycles. The standard InChI is InChI=1S/C17H14N2O3S/c18-10-12-6-9-23-15(12)19-14(20)11-22-16(21)17(7-8-17)13-4-2-1-3-5-13/h1-6,9H,7-8,11H2,(H,19,20). The average molecular weight is 326 g/mol. The van der Waals surface area contributed by atoms with Gasteiger partial charge >= 0.3 is 5.97 Å². The molecule has 1 aromatic carbocycles. The monoisotopic (exact) mass is 326 g/mol. The Labute approximate surface area is 137 Å². The minimum Gasteiger partial charge on any atom is -0.455 e. The molecule has 1 N–H and O–H groups in total. The Hall–Kier alpha value is -2.65. The largest absolute Gasteiger partial charge is 0.455 e. The summed E-state index contributed by atoms with van der Waals surface area (Å²) >= 11 is 1.26. The fourth-order valence-electron chi connectivity index (χ4n) is 2.42. The van der Waals surface area contributed by atoms with Crippen molar-refractivity contribution in [2.45, 2.75) is 18.3 Å². The highest BCUT2D eigenvalue weighted by molar-refractivity contribution is 7.14. The van der Waals surface area contributed by atoms with Crippen molar-refractivity contribution in [2.75, 3.05) is 11.9 Å². The van der Waals surface area contributed by atoms with E-state index in [1.165, 1.54) is 11.3 Å². The zero-order chi connectivity index (χ0) is 16.3. The summed E-state index contributed by atoms with van der Waals surface area (Å²) in [4.78, 5) is 24.2. The molecule has 1 aromatic heterocycles. The molecule has 1 saturated carbocycles. The molecule has 0 bridgehead atoms.